The summed E-state index contributed by atoms with van der Waals surface area (Å²) in [6, 6.07) is -0.545. The molecule has 0 bridgehead atoms. The van der Waals surface area contributed by atoms with Crippen molar-refractivity contribution in [1.29, 1.82) is 0 Å². The van der Waals surface area contributed by atoms with E-state index in [-0.39, 0.29) is 11.9 Å². The van der Waals surface area contributed by atoms with Crippen molar-refractivity contribution in [1.82, 2.24) is 4.90 Å². The standard InChI is InChI=1S/C16H21NO3S/c1-10-8-21-9-12(10)15(18)17-13-5-3-2-4-11(13)6-7-14(17)16(19)20/h8-9,11,13-14H,2-7H2,1H3,(H,19,20). The van der Waals surface area contributed by atoms with E-state index in [2.05, 4.69) is 0 Å². The molecule has 114 valence electrons. The Morgan fingerprint density at radius 3 is 2.62 bits per heavy atom. The Hall–Kier alpha value is -1.36. The Labute approximate surface area is 128 Å². The lowest BCUT2D eigenvalue weighted by molar-refractivity contribution is -0.146. The fourth-order valence-corrected chi connectivity index (χ4v) is 4.71. The van der Waals surface area contributed by atoms with E-state index in [1.807, 2.05) is 17.7 Å². The number of amides is 1. The second kappa shape index (κ2) is 5.79. The van der Waals surface area contributed by atoms with Crippen LogP contribution in [0.2, 0.25) is 0 Å². The lowest BCUT2D eigenvalue weighted by Gasteiger charge is -2.47. The van der Waals surface area contributed by atoms with Crippen molar-refractivity contribution in [2.24, 2.45) is 5.92 Å². The van der Waals surface area contributed by atoms with Crippen LogP contribution in [0, 0.1) is 12.8 Å². The fourth-order valence-electron chi connectivity index (χ4n) is 3.89. The second-order valence-corrected chi connectivity index (χ2v) is 6.97. The third kappa shape index (κ3) is 2.59. The van der Waals surface area contributed by atoms with Gasteiger partial charge in [0.05, 0.1) is 5.56 Å². The van der Waals surface area contributed by atoms with E-state index in [0.29, 0.717) is 17.9 Å². The summed E-state index contributed by atoms with van der Waals surface area (Å²) in [5.74, 6) is -0.463. The maximum absolute atomic E-state index is 12.9. The predicted octanol–water partition coefficient (Wildman–Crippen LogP) is 3.30. The van der Waals surface area contributed by atoms with Crippen molar-refractivity contribution in [2.75, 3.05) is 0 Å². The minimum Gasteiger partial charge on any atom is -0.480 e. The molecule has 2 aliphatic rings. The summed E-state index contributed by atoms with van der Waals surface area (Å²) >= 11 is 1.50. The Kier molecular flexibility index (Phi) is 4.02. The van der Waals surface area contributed by atoms with Crippen LogP contribution in [0.3, 0.4) is 0 Å². The summed E-state index contributed by atoms with van der Waals surface area (Å²) in [7, 11) is 0. The maximum Gasteiger partial charge on any atom is 0.326 e. The summed E-state index contributed by atoms with van der Waals surface area (Å²) in [5.41, 5.74) is 1.63. The van der Waals surface area contributed by atoms with Gasteiger partial charge in [0.1, 0.15) is 6.04 Å². The quantitative estimate of drug-likeness (QED) is 0.912. The molecule has 2 heterocycles. The lowest BCUT2D eigenvalue weighted by Crippen LogP contribution is -2.57. The third-order valence-corrected chi connectivity index (χ3v) is 5.84. The Bertz CT molecular complexity index is 553. The molecule has 1 saturated carbocycles. The van der Waals surface area contributed by atoms with Gasteiger partial charge in [0, 0.05) is 11.4 Å². The third-order valence-electron chi connectivity index (χ3n) is 4.98. The molecular formula is C16H21NO3S. The number of piperidine rings is 1. The zero-order valence-corrected chi connectivity index (χ0v) is 13.1. The number of carboxylic acids is 1. The first-order valence-corrected chi connectivity index (χ1v) is 8.62. The van der Waals surface area contributed by atoms with Gasteiger partial charge in [-0.15, -0.1) is 0 Å². The van der Waals surface area contributed by atoms with Gasteiger partial charge < -0.3 is 10.0 Å². The molecule has 1 saturated heterocycles. The van der Waals surface area contributed by atoms with E-state index in [4.69, 9.17) is 0 Å². The number of thiophene rings is 1. The number of hydrogen-bond donors (Lipinski definition) is 1. The fraction of sp³-hybridized carbons (Fsp3) is 0.625. The lowest BCUT2D eigenvalue weighted by atomic mass is 9.76. The summed E-state index contributed by atoms with van der Waals surface area (Å²) < 4.78 is 0. The topological polar surface area (TPSA) is 57.6 Å². The van der Waals surface area contributed by atoms with Gasteiger partial charge in [0.25, 0.3) is 5.91 Å². The van der Waals surface area contributed by atoms with Crippen molar-refractivity contribution in [3.05, 3.63) is 21.9 Å². The van der Waals surface area contributed by atoms with Gasteiger partial charge >= 0.3 is 5.97 Å². The smallest absolute Gasteiger partial charge is 0.326 e. The first-order chi connectivity index (χ1) is 10.1. The van der Waals surface area contributed by atoms with Crippen LogP contribution in [0.15, 0.2) is 10.8 Å². The molecule has 1 aromatic heterocycles. The Morgan fingerprint density at radius 1 is 1.19 bits per heavy atom. The molecule has 3 rings (SSSR count). The molecule has 5 heteroatoms. The number of fused-ring (bicyclic) bond motifs is 1. The van der Waals surface area contributed by atoms with Crippen LogP contribution in [0.25, 0.3) is 0 Å². The molecule has 21 heavy (non-hydrogen) atoms. The zero-order chi connectivity index (χ0) is 15.0. The van der Waals surface area contributed by atoms with Gasteiger partial charge in [0.15, 0.2) is 0 Å². The van der Waals surface area contributed by atoms with Gasteiger partial charge in [-0.3, -0.25) is 4.79 Å². The highest BCUT2D eigenvalue weighted by molar-refractivity contribution is 7.08. The maximum atomic E-state index is 12.9. The molecule has 1 aromatic rings. The van der Waals surface area contributed by atoms with E-state index in [0.717, 1.165) is 31.2 Å². The molecule has 0 radical (unpaired) electrons. The molecular weight excluding hydrogens is 286 g/mol. The highest BCUT2D eigenvalue weighted by Crippen LogP contribution is 2.39. The van der Waals surface area contributed by atoms with E-state index < -0.39 is 12.0 Å². The van der Waals surface area contributed by atoms with Crippen molar-refractivity contribution < 1.29 is 14.7 Å². The predicted molar refractivity (Wildman–Crippen MR) is 81.6 cm³/mol. The first kappa shape index (κ1) is 14.6. The molecule has 1 amide bonds. The van der Waals surface area contributed by atoms with Crippen LogP contribution in [-0.2, 0) is 4.79 Å². The number of carbonyl (C=O) groups excluding carboxylic acids is 1. The molecule has 1 aliphatic carbocycles. The van der Waals surface area contributed by atoms with E-state index >= 15 is 0 Å². The number of hydrogen-bond acceptors (Lipinski definition) is 3. The minimum atomic E-state index is -0.861. The van der Waals surface area contributed by atoms with Gasteiger partial charge in [-0.1, -0.05) is 12.8 Å². The zero-order valence-electron chi connectivity index (χ0n) is 12.2. The van der Waals surface area contributed by atoms with Gasteiger partial charge in [-0.25, -0.2) is 4.79 Å². The largest absolute Gasteiger partial charge is 0.480 e. The van der Waals surface area contributed by atoms with Crippen molar-refractivity contribution >= 4 is 23.2 Å². The SMILES string of the molecule is Cc1cscc1C(=O)N1C(C(=O)O)CCC2CCCCC21. The number of nitrogens with zero attached hydrogens (tertiary/aromatic N) is 1. The molecule has 1 aliphatic heterocycles. The summed E-state index contributed by atoms with van der Waals surface area (Å²) in [6.45, 7) is 1.92. The van der Waals surface area contributed by atoms with E-state index in [1.54, 1.807) is 4.90 Å². The highest BCUT2D eigenvalue weighted by Gasteiger charge is 2.44. The number of likely N-dealkylation sites (tertiary alicyclic amines) is 1. The van der Waals surface area contributed by atoms with Crippen molar-refractivity contribution in [2.45, 2.75) is 57.5 Å². The van der Waals surface area contributed by atoms with Crippen molar-refractivity contribution in [3.8, 4) is 0 Å². The highest BCUT2D eigenvalue weighted by atomic mass is 32.1. The average Bonchev–Trinajstić information content (AvgIpc) is 2.91. The van der Waals surface area contributed by atoms with Gasteiger partial charge in [0.2, 0.25) is 0 Å². The summed E-state index contributed by atoms with van der Waals surface area (Å²) in [5, 5.41) is 13.3. The number of rotatable bonds is 2. The molecule has 2 fully saturated rings. The van der Waals surface area contributed by atoms with E-state index in [1.165, 1.54) is 17.8 Å². The molecule has 3 unspecified atom stereocenters. The van der Waals surface area contributed by atoms with Crippen LogP contribution in [0.1, 0.15) is 54.4 Å². The van der Waals surface area contributed by atoms with Crippen LogP contribution in [-0.4, -0.2) is 34.0 Å². The van der Waals surface area contributed by atoms with Crippen LogP contribution >= 0.6 is 11.3 Å². The summed E-state index contributed by atoms with van der Waals surface area (Å²) in [6.07, 6.45) is 5.91. The minimum absolute atomic E-state index is 0.0854. The normalized spacial score (nSPS) is 29.0. The molecule has 0 aromatic carbocycles. The Morgan fingerprint density at radius 2 is 1.95 bits per heavy atom. The summed E-state index contributed by atoms with van der Waals surface area (Å²) in [4.78, 5) is 26.2. The van der Waals surface area contributed by atoms with E-state index in [9.17, 15) is 14.7 Å². The molecule has 0 spiro atoms. The molecule has 3 atom stereocenters. The first-order valence-electron chi connectivity index (χ1n) is 7.68. The van der Waals surface area contributed by atoms with Crippen molar-refractivity contribution in [3.63, 3.8) is 0 Å². The second-order valence-electron chi connectivity index (χ2n) is 6.22. The molecule has 1 N–H and O–H groups in total. The van der Waals surface area contributed by atoms with Crippen LogP contribution in [0.4, 0.5) is 0 Å². The number of aryl methyl sites for hydroxylation is 1. The average molecular weight is 307 g/mol. The van der Waals surface area contributed by atoms with Gasteiger partial charge in [-0.2, -0.15) is 11.3 Å². The molecule has 4 nitrogen and oxygen atoms in total. The van der Waals surface area contributed by atoms with Crippen LogP contribution < -0.4 is 0 Å². The number of aliphatic carboxylic acids is 1. The van der Waals surface area contributed by atoms with Crippen LogP contribution in [0.5, 0.6) is 0 Å². The number of carboxylic acid groups (broad SMARTS) is 1. The number of carbonyl (C=O) groups is 2. The monoisotopic (exact) mass is 307 g/mol. The van der Waals surface area contributed by atoms with Gasteiger partial charge in [-0.05, 0) is 49.5 Å². The Balaban J connectivity index is 1.94.